The molecule has 2 aromatic rings. The van der Waals surface area contributed by atoms with Crippen molar-refractivity contribution in [3.8, 4) is 0 Å². The quantitative estimate of drug-likeness (QED) is 0.754. The highest BCUT2D eigenvalue weighted by Crippen LogP contribution is 2.10. The Morgan fingerprint density at radius 1 is 1.15 bits per heavy atom. The van der Waals surface area contributed by atoms with Gasteiger partial charge in [-0.05, 0) is 12.1 Å². The molecule has 2 N–H and O–H groups in total. The zero-order valence-corrected chi connectivity index (χ0v) is 12.0. The van der Waals surface area contributed by atoms with Gasteiger partial charge in [0.25, 0.3) is 0 Å². The maximum atomic E-state index is 5.81. The molecule has 2 heterocycles. The van der Waals surface area contributed by atoms with Crippen molar-refractivity contribution in [2.45, 2.75) is 6.54 Å². The number of fused-ring (bicyclic) bond motifs is 1. The molecular weight excluding hydrogens is 258 g/mol. The number of nitrogens with zero attached hydrogens (tertiary/aromatic N) is 4. The van der Waals surface area contributed by atoms with Crippen LogP contribution in [0.3, 0.4) is 0 Å². The summed E-state index contributed by atoms with van der Waals surface area (Å²) in [6.45, 7) is 3.65. The Morgan fingerprint density at radius 2 is 1.85 bits per heavy atom. The van der Waals surface area contributed by atoms with Gasteiger partial charge in [-0.25, -0.2) is 0 Å². The number of hydrogen-bond donors (Lipinski definition) is 1. The largest absolute Gasteiger partial charge is 0.398 e. The molecule has 0 radical (unpaired) electrons. The molecule has 7 nitrogen and oxygen atoms in total. The average Bonchev–Trinajstić information content (AvgIpc) is 2.84. The van der Waals surface area contributed by atoms with E-state index in [0.717, 1.165) is 24.6 Å². The fourth-order valence-corrected chi connectivity index (χ4v) is 1.97. The summed E-state index contributed by atoms with van der Waals surface area (Å²) < 4.78 is 12.2. The third-order valence-electron chi connectivity index (χ3n) is 3.08. The van der Waals surface area contributed by atoms with Crippen molar-refractivity contribution in [1.29, 1.82) is 0 Å². The van der Waals surface area contributed by atoms with Gasteiger partial charge in [-0.1, -0.05) is 0 Å². The second-order valence-corrected chi connectivity index (χ2v) is 4.57. The molecule has 0 spiro atoms. The van der Waals surface area contributed by atoms with Gasteiger partial charge in [-0.3, -0.25) is 9.30 Å². The van der Waals surface area contributed by atoms with E-state index < -0.39 is 0 Å². The molecule has 0 aliphatic carbocycles. The number of nitrogens with two attached hydrogens (primary N) is 1. The minimum absolute atomic E-state index is 0.669. The van der Waals surface area contributed by atoms with Crippen LogP contribution in [0.25, 0.3) is 5.65 Å². The van der Waals surface area contributed by atoms with E-state index in [2.05, 4.69) is 15.1 Å². The molecule has 2 rings (SSSR count). The molecule has 7 heteroatoms. The summed E-state index contributed by atoms with van der Waals surface area (Å²) in [5, 5.41) is 8.37. The minimum Gasteiger partial charge on any atom is -0.398 e. The molecule has 2 aromatic heterocycles. The Hall–Kier alpha value is -1.70. The van der Waals surface area contributed by atoms with E-state index in [1.165, 1.54) is 0 Å². The van der Waals surface area contributed by atoms with Crippen molar-refractivity contribution in [2.75, 3.05) is 46.3 Å². The maximum Gasteiger partial charge on any atom is 0.160 e. The molecule has 20 heavy (non-hydrogen) atoms. The Balaban J connectivity index is 2.12. The molecule has 0 unspecified atom stereocenters. The zero-order chi connectivity index (χ0) is 14.4. The Labute approximate surface area is 118 Å². The normalized spacial score (nSPS) is 11.6. The second-order valence-electron chi connectivity index (χ2n) is 4.57. The fraction of sp³-hybridized carbons (Fsp3) is 0.538. The summed E-state index contributed by atoms with van der Waals surface area (Å²) in [6, 6.07) is 3.68. The van der Waals surface area contributed by atoms with Gasteiger partial charge >= 0.3 is 0 Å². The molecule has 0 aliphatic rings. The SMILES string of the molecule is COCCN(CCOC)Cc1nnc2ccc(N)cn12. The van der Waals surface area contributed by atoms with Crippen LogP contribution in [0, 0.1) is 0 Å². The third-order valence-corrected chi connectivity index (χ3v) is 3.08. The highest BCUT2D eigenvalue weighted by molar-refractivity contribution is 5.47. The number of methoxy groups -OCH3 is 2. The Kier molecular flexibility index (Phi) is 5.28. The lowest BCUT2D eigenvalue weighted by molar-refractivity contribution is 0.108. The van der Waals surface area contributed by atoms with Gasteiger partial charge in [-0.2, -0.15) is 0 Å². The first kappa shape index (κ1) is 14.7. The number of rotatable bonds is 8. The number of aromatic nitrogens is 3. The molecular formula is C13H21N5O2. The summed E-state index contributed by atoms with van der Waals surface area (Å²) in [4.78, 5) is 2.21. The van der Waals surface area contributed by atoms with Crippen LogP contribution in [0.5, 0.6) is 0 Å². The lowest BCUT2D eigenvalue weighted by atomic mass is 10.4. The van der Waals surface area contributed by atoms with E-state index in [1.54, 1.807) is 14.2 Å². The Morgan fingerprint density at radius 3 is 2.50 bits per heavy atom. The van der Waals surface area contributed by atoms with Crippen LogP contribution in [-0.4, -0.2) is 60.0 Å². The van der Waals surface area contributed by atoms with Crippen molar-refractivity contribution >= 4 is 11.3 Å². The van der Waals surface area contributed by atoms with Crippen LogP contribution in [-0.2, 0) is 16.0 Å². The van der Waals surface area contributed by atoms with E-state index in [1.807, 2.05) is 22.7 Å². The van der Waals surface area contributed by atoms with Crippen LogP contribution in [0.2, 0.25) is 0 Å². The topological polar surface area (TPSA) is 77.9 Å². The zero-order valence-electron chi connectivity index (χ0n) is 12.0. The van der Waals surface area contributed by atoms with Crippen molar-refractivity contribution in [3.63, 3.8) is 0 Å². The monoisotopic (exact) mass is 279 g/mol. The van der Waals surface area contributed by atoms with Crippen molar-refractivity contribution < 1.29 is 9.47 Å². The van der Waals surface area contributed by atoms with E-state index >= 15 is 0 Å². The first-order valence-corrected chi connectivity index (χ1v) is 6.54. The number of pyridine rings is 1. The molecule has 0 atom stereocenters. The highest BCUT2D eigenvalue weighted by atomic mass is 16.5. The fourth-order valence-electron chi connectivity index (χ4n) is 1.97. The van der Waals surface area contributed by atoms with Gasteiger partial charge in [-0.15, -0.1) is 10.2 Å². The number of hydrogen-bond acceptors (Lipinski definition) is 6. The smallest absolute Gasteiger partial charge is 0.160 e. The van der Waals surface area contributed by atoms with Gasteiger partial charge in [0.15, 0.2) is 11.5 Å². The summed E-state index contributed by atoms with van der Waals surface area (Å²) >= 11 is 0. The lowest BCUT2D eigenvalue weighted by Gasteiger charge is -2.20. The lowest BCUT2D eigenvalue weighted by Crippen LogP contribution is -2.31. The predicted octanol–water partition coefficient (Wildman–Crippen LogP) is 0.406. The van der Waals surface area contributed by atoms with Crippen LogP contribution < -0.4 is 5.73 Å². The van der Waals surface area contributed by atoms with Crippen LogP contribution in [0.1, 0.15) is 5.82 Å². The van der Waals surface area contributed by atoms with Gasteiger partial charge < -0.3 is 15.2 Å². The molecule has 0 aliphatic heterocycles. The van der Waals surface area contributed by atoms with Crippen molar-refractivity contribution in [2.24, 2.45) is 0 Å². The summed E-state index contributed by atoms with van der Waals surface area (Å²) in [5.41, 5.74) is 7.31. The van der Waals surface area contributed by atoms with Crippen LogP contribution >= 0.6 is 0 Å². The highest BCUT2D eigenvalue weighted by Gasteiger charge is 2.11. The van der Waals surface area contributed by atoms with E-state index in [-0.39, 0.29) is 0 Å². The van der Waals surface area contributed by atoms with Crippen molar-refractivity contribution in [1.82, 2.24) is 19.5 Å². The molecule has 0 saturated heterocycles. The third kappa shape index (κ3) is 3.66. The molecule has 0 saturated carbocycles. The number of ether oxygens (including phenoxy) is 2. The van der Waals surface area contributed by atoms with E-state index in [0.29, 0.717) is 25.4 Å². The summed E-state index contributed by atoms with van der Waals surface area (Å²) in [7, 11) is 3.39. The van der Waals surface area contributed by atoms with Gasteiger partial charge in [0.2, 0.25) is 0 Å². The Bertz CT molecular complexity index is 535. The average molecular weight is 279 g/mol. The van der Waals surface area contributed by atoms with Gasteiger partial charge in [0.1, 0.15) is 0 Å². The van der Waals surface area contributed by atoms with Crippen LogP contribution in [0.15, 0.2) is 18.3 Å². The summed E-state index contributed by atoms with van der Waals surface area (Å²) in [5.74, 6) is 0.861. The van der Waals surface area contributed by atoms with Crippen molar-refractivity contribution in [3.05, 3.63) is 24.2 Å². The molecule has 0 bridgehead atoms. The van der Waals surface area contributed by atoms with Gasteiger partial charge in [0.05, 0.1) is 19.8 Å². The molecule has 0 aromatic carbocycles. The first-order valence-electron chi connectivity index (χ1n) is 6.54. The van der Waals surface area contributed by atoms with Gasteiger partial charge in [0, 0.05) is 39.2 Å². The molecule has 110 valence electrons. The minimum atomic E-state index is 0.669. The maximum absolute atomic E-state index is 5.81. The predicted molar refractivity (Wildman–Crippen MR) is 76.4 cm³/mol. The standard InChI is InChI=1S/C13H21N5O2/c1-19-7-5-17(6-8-20-2)10-13-16-15-12-4-3-11(14)9-18(12)13/h3-4,9H,5-8,10,14H2,1-2H3. The molecule has 0 amide bonds. The number of nitrogen functional groups attached to an aromatic ring is 1. The van der Waals surface area contributed by atoms with E-state index in [4.69, 9.17) is 15.2 Å². The first-order chi connectivity index (χ1) is 9.74. The van der Waals surface area contributed by atoms with E-state index in [9.17, 15) is 0 Å². The number of anilines is 1. The summed E-state index contributed by atoms with van der Waals surface area (Å²) in [6.07, 6.45) is 1.84. The second kappa shape index (κ2) is 7.18. The van der Waals surface area contributed by atoms with Crippen LogP contribution in [0.4, 0.5) is 5.69 Å². The molecule has 0 fully saturated rings.